The Bertz CT molecular complexity index is 780. The van der Waals surface area contributed by atoms with Crippen LogP contribution in [-0.2, 0) is 4.79 Å². The summed E-state index contributed by atoms with van der Waals surface area (Å²) in [6, 6.07) is 16.3. The maximum absolute atomic E-state index is 12.2. The summed E-state index contributed by atoms with van der Waals surface area (Å²) in [5.74, 6) is 0.170. The summed E-state index contributed by atoms with van der Waals surface area (Å²) >= 11 is 3.33. The molecule has 0 aliphatic carbocycles. The summed E-state index contributed by atoms with van der Waals surface area (Å²) < 4.78 is 6.40. The molecule has 0 aliphatic heterocycles. The van der Waals surface area contributed by atoms with Gasteiger partial charge in [-0.3, -0.25) is 4.79 Å². The second kappa shape index (κ2) is 8.75. The highest BCUT2D eigenvalue weighted by Gasteiger charge is 2.10. The predicted molar refractivity (Wildman–Crippen MR) is 97.7 cm³/mol. The van der Waals surface area contributed by atoms with E-state index in [2.05, 4.69) is 26.6 Å². The van der Waals surface area contributed by atoms with Gasteiger partial charge in [-0.05, 0) is 43.3 Å². The van der Waals surface area contributed by atoms with Crippen molar-refractivity contribution in [2.24, 2.45) is 0 Å². The van der Waals surface area contributed by atoms with Crippen molar-refractivity contribution in [1.29, 1.82) is 5.26 Å². The molecule has 5 nitrogen and oxygen atoms in total. The number of anilines is 2. The molecule has 2 aromatic rings. The van der Waals surface area contributed by atoms with Gasteiger partial charge in [0.25, 0.3) is 5.91 Å². The molecule has 2 aromatic carbocycles. The predicted octanol–water partition coefficient (Wildman–Crippen LogP) is 4.31. The number of hydrogen-bond donors (Lipinski definition) is 2. The molecular weight excluding hydrogens is 370 g/mol. The summed E-state index contributed by atoms with van der Waals surface area (Å²) in [6.45, 7) is 2.41. The quantitative estimate of drug-likeness (QED) is 0.573. The largest absolute Gasteiger partial charge is 0.492 e. The minimum absolute atomic E-state index is 0.0378. The normalized spacial score (nSPS) is 10.6. The first-order valence-corrected chi connectivity index (χ1v) is 8.09. The van der Waals surface area contributed by atoms with Gasteiger partial charge in [-0.1, -0.05) is 28.1 Å². The Balaban J connectivity index is 2.10. The molecule has 0 atom stereocenters. The Morgan fingerprint density at radius 1 is 1.25 bits per heavy atom. The number of amides is 1. The van der Waals surface area contributed by atoms with Crippen molar-refractivity contribution >= 4 is 33.2 Å². The molecule has 0 saturated carbocycles. The summed E-state index contributed by atoms with van der Waals surface area (Å²) in [4.78, 5) is 12.2. The molecule has 122 valence electrons. The SMILES string of the molecule is CCOc1ccccc1N/C=C(/C#N)C(=O)Nc1ccc(Br)cc1. The second-order valence-electron chi connectivity index (χ2n) is 4.70. The van der Waals surface area contributed by atoms with E-state index in [0.29, 0.717) is 23.7 Å². The van der Waals surface area contributed by atoms with Crippen LogP contribution in [0.1, 0.15) is 6.92 Å². The number of halogens is 1. The smallest absolute Gasteiger partial charge is 0.267 e. The first-order chi connectivity index (χ1) is 11.6. The minimum atomic E-state index is -0.485. The van der Waals surface area contributed by atoms with Crippen LogP contribution in [0.2, 0.25) is 0 Å². The maximum Gasteiger partial charge on any atom is 0.267 e. The van der Waals surface area contributed by atoms with Crippen LogP contribution in [0.25, 0.3) is 0 Å². The highest BCUT2D eigenvalue weighted by Crippen LogP contribution is 2.24. The molecule has 0 saturated heterocycles. The first kappa shape index (κ1) is 17.6. The molecule has 0 radical (unpaired) electrons. The number of carbonyl (C=O) groups is 1. The zero-order valence-electron chi connectivity index (χ0n) is 13.0. The molecule has 24 heavy (non-hydrogen) atoms. The monoisotopic (exact) mass is 385 g/mol. The average molecular weight is 386 g/mol. The van der Waals surface area contributed by atoms with E-state index in [1.807, 2.05) is 49.4 Å². The lowest BCUT2D eigenvalue weighted by molar-refractivity contribution is -0.112. The van der Waals surface area contributed by atoms with Crippen LogP contribution in [0.3, 0.4) is 0 Å². The van der Waals surface area contributed by atoms with Crippen LogP contribution in [0, 0.1) is 11.3 Å². The minimum Gasteiger partial charge on any atom is -0.492 e. The van der Waals surface area contributed by atoms with E-state index < -0.39 is 5.91 Å². The fourth-order valence-corrected chi connectivity index (χ4v) is 2.16. The molecule has 0 fully saturated rings. The number of nitriles is 1. The van der Waals surface area contributed by atoms with Gasteiger partial charge in [0.15, 0.2) is 0 Å². The van der Waals surface area contributed by atoms with Gasteiger partial charge in [0.1, 0.15) is 17.4 Å². The highest BCUT2D eigenvalue weighted by molar-refractivity contribution is 9.10. The summed E-state index contributed by atoms with van der Waals surface area (Å²) in [5.41, 5.74) is 1.26. The molecule has 0 bridgehead atoms. The van der Waals surface area contributed by atoms with Gasteiger partial charge in [0, 0.05) is 16.4 Å². The highest BCUT2D eigenvalue weighted by atomic mass is 79.9. The number of carbonyl (C=O) groups excluding carboxylic acids is 1. The molecule has 0 aliphatic rings. The first-order valence-electron chi connectivity index (χ1n) is 7.29. The number of para-hydroxylation sites is 2. The fourth-order valence-electron chi connectivity index (χ4n) is 1.90. The van der Waals surface area contributed by atoms with Gasteiger partial charge >= 0.3 is 0 Å². The van der Waals surface area contributed by atoms with Crippen molar-refractivity contribution in [2.75, 3.05) is 17.2 Å². The average Bonchev–Trinajstić information content (AvgIpc) is 2.59. The molecule has 0 spiro atoms. The number of nitrogens with one attached hydrogen (secondary N) is 2. The van der Waals surface area contributed by atoms with Gasteiger partial charge < -0.3 is 15.4 Å². The lowest BCUT2D eigenvalue weighted by Gasteiger charge is -2.10. The Hall–Kier alpha value is -2.78. The molecule has 1 amide bonds. The van der Waals surface area contributed by atoms with E-state index in [1.165, 1.54) is 6.20 Å². The van der Waals surface area contributed by atoms with Crippen LogP contribution >= 0.6 is 15.9 Å². The molecule has 2 N–H and O–H groups in total. The Morgan fingerprint density at radius 3 is 2.62 bits per heavy atom. The number of nitrogens with zero attached hydrogens (tertiary/aromatic N) is 1. The third-order valence-electron chi connectivity index (χ3n) is 3.03. The van der Waals surface area contributed by atoms with E-state index in [9.17, 15) is 10.1 Å². The van der Waals surface area contributed by atoms with Gasteiger partial charge in [-0.2, -0.15) is 5.26 Å². The molecular formula is C18H16BrN3O2. The van der Waals surface area contributed by atoms with Crippen molar-refractivity contribution < 1.29 is 9.53 Å². The lowest BCUT2D eigenvalue weighted by atomic mass is 10.2. The Labute approximate surface area is 149 Å². The van der Waals surface area contributed by atoms with Crippen LogP contribution in [0.4, 0.5) is 11.4 Å². The second-order valence-corrected chi connectivity index (χ2v) is 5.62. The van der Waals surface area contributed by atoms with Gasteiger partial charge in [-0.15, -0.1) is 0 Å². The topological polar surface area (TPSA) is 74.1 Å². The van der Waals surface area contributed by atoms with Crippen molar-refractivity contribution in [1.82, 2.24) is 0 Å². The van der Waals surface area contributed by atoms with E-state index in [4.69, 9.17) is 4.74 Å². The number of hydrogen-bond acceptors (Lipinski definition) is 4. The zero-order valence-corrected chi connectivity index (χ0v) is 14.6. The van der Waals surface area contributed by atoms with Crippen molar-refractivity contribution in [2.45, 2.75) is 6.92 Å². The molecule has 0 heterocycles. The van der Waals surface area contributed by atoms with Crippen molar-refractivity contribution in [3.05, 3.63) is 64.8 Å². The van der Waals surface area contributed by atoms with Crippen molar-refractivity contribution in [3.8, 4) is 11.8 Å². The number of ether oxygens (including phenoxy) is 1. The number of rotatable bonds is 6. The fraction of sp³-hybridized carbons (Fsp3) is 0.111. The molecule has 0 aromatic heterocycles. The van der Waals surface area contributed by atoms with Crippen LogP contribution < -0.4 is 15.4 Å². The Kier molecular flexibility index (Phi) is 6.41. The van der Waals surface area contributed by atoms with Crippen LogP contribution in [-0.4, -0.2) is 12.5 Å². The number of benzene rings is 2. The van der Waals surface area contributed by atoms with Crippen LogP contribution in [0.5, 0.6) is 5.75 Å². The van der Waals surface area contributed by atoms with Gasteiger partial charge in [0.2, 0.25) is 0 Å². The van der Waals surface area contributed by atoms with E-state index in [-0.39, 0.29) is 5.57 Å². The summed E-state index contributed by atoms with van der Waals surface area (Å²) in [7, 11) is 0. The molecule has 0 unspecified atom stereocenters. The van der Waals surface area contributed by atoms with Crippen LogP contribution in [0.15, 0.2) is 64.8 Å². The Morgan fingerprint density at radius 2 is 1.96 bits per heavy atom. The third-order valence-corrected chi connectivity index (χ3v) is 3.55. The van der Waals surface area contributed by atoms with Gasteiger partial charge in [0.05, 0.1) is 12.3 Å². The maximum atomic E-state index is 12.2. The third kappa shape index (κ3) is 4.86. The van der Waals surface area contributed by atoms with E-state index in [0.717, 1.165) is 4.47 Å². The standard InChI is InChI=1S/C18H16BrN3O2/c1-2-24-17-6-4-3-5-16(17)21-12-13(11-20)18(23)22-15-9-7-14(19)8-10-15/h3-10,12,21H,2H2,1H3,(H,22,23)/b13-12-. The summed E-state index contributed by atoms with van der Waals surface area (Å²) in [6.07, 6.45) is 1.37. The molecule has 2 rings (SSSR count). The zero-order chi connectivity index (χ0) is 17.4. The van der Waals surface area contributed by atoms with Gasteiger partial charge in [-0.25, -0.2) is 0 Å². The van der Waals surface area contributed by atoms with Crippen molar-refractivity contribution in [3.63, 3.8) is 0 Å². The summed E-state index contributed by atoms with van der Waals surface area (Å²) in [5, 5.41) is 14.8. The van der Waals surface area contributed by atoms with E-state index >= 15 is 0 Å². The lowest BCUT2D eigenvalue weighted by Crippen LogP contribution is -2.14. The van der Waals surface area contributed by atoms with E-state index in [1.54, 1.807) is 12.1 Å². The molecule has 6 heteroatoms.